The van der Waals surface area contributed by atoms with Crippen molar-refractivity contribution in [1.82, 2.24) is 14.8 Å². The van der Waals surface area contributed by atoms with Gasteiger partial charge in [-0.2, -0.15) is 5.26 Å². The van der Waals surface area contributed by atoms with Crippen LogP contribution >= 0.6 is 11.8 Å². The fourth-order valence-corrected chi connectivity index (χ4v) is 3.34. The van der Waals surface area contributed by atoms with E-state index in [-0.39, 0.29) is 11.2 Å². The molecule has 1 amide bonds. The topological polar surface area (TPSA) is 83.6 Å². The maximum atomic E-state index is 12.5. The summed E-state index contributed by atoms with van der Waals surface area (Å²) < 4.78 is 1.91. The number of hydrogen-bond donors (Lipinski definition) is 1. The maximum Gasteiger partial charge on any atom is 0.237 e. The van der Waals surface area contributed by atoms with Crippen molar-refractivity contribution in [2.75, 3.05) is 5.32 Å². The Kier molecular flexibility index (Phi) is 5.89. The molecule has 0 fully saturated rings. The first kappa shape index (κ1) is 18.7. The van der Waals surface area contributed by atoms with Crippen LogP contribution in [-0.4, -0.2) is 25.9 Å². The third kappa shape index (κ3) is 4.74. The number of benzene rings is 2. The van der Waals surface area contributed by atoms with Crippen molar-refractivity contribution < 1.29 is 4.79 Å². The zero-order valence-electron chi connectivity index (χ0n) is 15.1. The van der Waals surface area contributed by atoms with Gasteiger partial charge in [-0.15, -0.1) is 10.2 Å². The molecule has 1 atom stereocenters. The summed E-state index contributed by atoms with van der Waals surface area (Å²) in [5.74, 6) is 0.695. The molecule has 136 valence electrons. The Morgan fingerprint density at radius 2 is 2.00 bits per heavy atom. The average molecular weight is 377 g/mol. The van der Waals surface area contributed by atoms with Gasteiger partial charge >= 0.3 is 0 Å². The van der Waals surface area contributed by atoms with E-state index in [9.17, 15) is 4.79 Å². The number of carbonyl (C=O) groups is 1. The van der Waals surface area contributed by atoms with Gasteiger partial charge in [0.2, 0.25) is 5.91 Å². The second-order valence-corrected chi connectivity index (χ2v) is 7.37. The smallest absolute Gasteiger partial charge is 0.237 e. The van der Waals surface area contributed by atoms with Crippen LogP contribution in [0, 0.1) is 11.3 Å². The summed E-state index contributed by atoms with van der Waals surface area (Å²) in [7, 11) is 1.90. The summed E-state index contributed by atoms with van der Waals surface area (Å²) in [4.78, 5) is 12.5. The maximum absolute atomic E-state index is 12.5. The largest absolute Gasteiger partial charge is 0.325 e. The molecule has 0 saturated heterocycles. The first-order chi connectivity index (χ1) is 13.1. The predicted octanol–water partition coefficient (Wildman–Crippen LogP) is 3.40. The minimum Gasteiger partial charge on any atom is -0.325 e. The van der Waals surface area contributed by atoms with Crippen LogP contribution in [-0.2, 0) is 18.3 Å². The molecule has 0 bridgehead atoms. The zero-order chi connectivity index (χ0) is 19.2. The molecule has 1 heterocycles. The average Bonchev–Trinajstić information content (AvgIpc) is 3.02. The second-order valence-electron chi connectivity index (χ2n) is 6.06. The molecule has 0 saturated carbocycles. The van der Waals surface area contributed by atoms with Crippen molar-refractivity contribution in [1.29, 1.82) is 5.26 Å². The van der Waals surface area contributed by atoms with Crippen molar-refractivity contribution >= 4 is 23.4 Å². The molecule has 0 spiro atoms. The van der Waals surface area contributed by atoms with E-state index in [0.29, 0.717) is 22.8 Å². The third-order valence-corrected chi connectivity index (χ3v) is 5.17. The standard InChI is InChI=1S/C20H19N5OS/c1-14(19(26)22-17-10-6-9-16(11-17)13-21)27-20-24-23-18(25(20)2)12-15-7-4-3-5-8-15/h3-11,14H,12H2,1-2H3,(H,22,26)/t14-/m0/s1. The quantitative estimate of drug-likeness (QED) is 0.666. The van der Waals surface area contributed by atoms with Crippen LogP contribution in [0.5, 0.6) is 0 Å². The van der Waals surface area contributed by atoms with Crippen molar-refractivity contribution in [3.8, 4) is 6.07 Å². The molecule has 0 aliphatic heterocycles. The first-order valence-electron chi connectivity index (χ1n) is 8.46. The Hall–Kier alpha value is -3.11. The van der Waals surface area contributed by atoms with Crippen molar-refractivity contribution in [2.24, 2.45) is 7.05 Å². The highest BCUT2D eigenvalue weighted by Crippen LogP contribution is 2.23. The monoisotopic (exact) mass is 377 g/mol. The SMILES string of the molecule is C[C@H](Sc1nnc(Cc2ccccc2)n1C)C(=O)Nc1cccc(C#N)c1. The second kappa shape index (κ2) is 8.52. The van der Waals surface area contributed by atoms with Crippen LogP contribution in [0.2, 0.25) is 0 Å². The molecule has 1 aromatic heterocycles. The summed E-state index contributed by atoms with van der Waals surface area (Å²) in [6, 6.07) is 19.0. The van der Waals surface area contributed by atoms with E-state index in [1.807, 2.05) is 48.9 Å². The molecule has 6 nitrogen and oxygen atoms in total. The van der Waals surface area contributed by atoms with Gasteiger partial charge in [0, 0.05) is 19.2 Å². The lowest BCUT2D eigenvalue weighted by Gasteiger charge is -2.12. The normalized spacial score (nSPS) is 11.6. The lowest BCUT2D eigenvalue weighted by atomic mass is 10.1. The van der Waals surface area contributed by atoms with E-state index in [0.717, 1.165) is 11.4 Å². The van der Waals surface area contributed by atoms with Gasteiger partial charge in [0.15, 0.2) is 5.16 Å². The molecule has 1 N–H and O–H groups in total. The molecule has 2 aromatic carbocycles. The Labute approximate surface area is 162 Å². The molecule has 0 aliphatic rings. The summed E-state index contributed by atoms with van der Waals surface area (Å²) in [6.45, 7) is 1.82. The lowest BCUT2D eigenvalue weighted by Crippen LogP contribution is -2.22. The molecule has 0 unspecified atom stereocenters. The van der Waals surface area contributed by atoms with Crippen LogP contribution in [0.25, 0.3) is 0 Å². The minimum absolute atomic E-state index is 0.150. The molecule has 3 aromatic rings. The number of aromatic nitrogens is 3. The van der Waals surface area contributed by atoms with E-state index in [1.54, 1.807) is 24.3 Å². The van der Waals surface area contributed by atoms with Gasteiger partial charge in [-0.1, -0.05) is 48.2 Å². The van der Waals surface area contributed by atoms with Crippen molar-refractivity contribution in [2.45, 2.75) is 23.8 Å². The van der Waals surface area contributed by atoms with E-state index in [1.165, 1.54) is 11.8 Å². The number of thioether (sulfide) groups is 1. The Balaban J connectivity index is 1.64. The van der Waals surface area contributed by atoms with E-state index < -0.39 is 0 Å². The molecular formula is C20H19N5OS. The van der Waals surface area contributed by atoms with E-state index >= 15 is 0 Å². The molecule has 3 rings (SSSR count). The Morgan fingerprint density at radius 1 is 1.22 bits per heavy atom. The zero-order valence-corrected chi connectivity index (χ0v) is 15.9. The highest BCUT2D eigenvalue weighted by molar-refractivity contribution is 8.00. The van der Waals surface area contributed by atoms with Gasteiger partial charge in [-0.3, -0.25) is 4.79 Å². The highest BCUT2D eigenvalue weighted by atomic mass is 32.2. The summed E-state index contributed by atoms with van der Waals surface area (Å²) in [5, 5.41) is 20.6. The van der Waals surface area contributed by atoms with E-state index in [4.69, 9.17) is 5.26 Å². The fourth-order valence-electron chi connectivity index (χ4n) is 2.50. The number of carbonyl (C=O) groups excluding carboxylic acids is 1. The summed E-state index contributed by atoms with van der Waals surface area (Å²) >= 11 is 1.35. The van der Waals surface area contributed by atoms with Crippen LogP contribution in [0.4, 0.5) is 5.69 Å². The number of nitriles is 1. The lowest BCUT2D eigenvalue weighted by molar-refractivity contribution is -0.115. The van der Waals surface area contributed by atoms with Crippen LogP contribution in [0.3, 0.4) is 0 Å². The van der Waals surface area contributed by atoms with Gasteiger partial charge in [-0.25, -0.2) is 0 Å². The predicted molar refractivity (Wildman–Crippen MR) is 105 cm³/mol. The fraction of sp³-hybridized carbons (Fsp3) is 0.200. The van der Waals surface area contributed by atoms with Crippen molar-refractivity contribution in [3.63, 3.8) is 0 Å². The van der Waals surface area contributed by atoms with Crippen molar-refractivity contribution in [3.05, 3.63) is 71.5 Å². The molecule has 0 aliphatic carbocycles. The molecule has 27 heavy (non-hydrogen) atoms. The number of nitrogens with one attached hydrogen (secondary N) is 1. The highest BCUT2D eigenvalue weighted by Gasteiger charge is 2.19. The number of rotatable bonds is 6. The van der Waals surface area contributed by atoms with Crippen LogP contribution in [0.1, 0.15) is 23.9 Å². The van der Waals surface area contributed by atoms with Gasteiger partial charge in [-0.05, 0) is 30.7 Å². The Morgan fingerprint density at radius 3 is 2.74 bits per heavy atom. The van der Waals surface area contributed by atoms with Gasteiger partial charge in [0.05, 0.1) is 16.9 Å². The van der Waals surface area contributed by atoms with Gasteiger partial charge < -0.3 is 9.88 Å². The number of anilines is 1. The minimum atomic E-state index is -0.358. The molecular weight excluding hydrogens is 358 g/mol. The third-order valence-electron chi connectivity index (χ3n) is 4.04. The number of nitrogens with zero attached hydrogens (tertiary/aromatic N) is 4. The first-order valence-corrected chi connectivity index (χ1v) is 9.34. The van der Waals surface area contributed by atoms with Crippen LogP contribution < -0.4 is 5.32 Å². The van der Waals surface area contributed by atoms with Gasteiger partial charge in [0.1, 0.15) is 5.82 Å². The van der Waals surface area contributed by atoms with Crippen LogP contribution in [0.15, 0.2) is 59.8 Å². The molecule has 7 heteroatoms. The summed E-state index contributed by atoms with van der Waals surface area (Å²) in [5.41, 5.74) is 2.27. The Bertz CT molecular complexity index is 978. The van der Waals surface area contributed by atoms with Gasteiger partial charge in [0.25, 0.3) is 0 Å². The number of amides is 1. The molecule has 0 radical (unpaired) electrons. The van der Waals surface area contributed by atoms with E-state index in [2.05, 4.69) is 21.6 Å². The number of hydrogen-bond acceptors (Lipinski definition) is 5. The summed E-state index contributed by atoms with van der Waals surface area (Å²) in [6.07, 6.45) is 0.687.